The van der Waals surface area contributed by atoms with Crippen LogP contribution >= 0.6 is 11.6 Å². The average Bonchev–Trinajstić information content (AvgIpc) is 2.54. The summed E-state index contributed by atoms with van der Waals surface area (Å²) in [6, 6.07) is 8.55. The molecule has 0 aliphatic carbocycles. The fourth-order valence-electron chi connectivity index (χ4n) is 1.94. The molecule has 1 heterocycles. The predicted octanol–water partition coefficient (Wildman–Crippen LogP) is 2.41. The number of ketones is 1. The van der Waals surface area contributed by atoms with Crippen LogP contribution in [-0.4, -0.2) is 28.7 Å². The molecule has 1 atom stereocenters. The Morgan fingerprint density at radius 3 is 2.32 bits per heavy atom. The topological polar surface area (TPSA) is 105 Å². The maximum Gasteiger partial charge on any atom is 0.339 e. The van der Waals surface area contributed by atoms with Crippen LogP contribution in [0.2, 0.25) is 5.15 Å². The number of halogens is 1. The van der Waals surface area contributed by atoms with Crippen LogP contribution < -0.4 is 10.9 Å². The zero-order valence-corrected chi connectivity index (χ0v) is 14.2. The average molecular weight is 363 g/mol. The Hall–Kier alpha value is -2.93. The van der Waals surface area contributed by atoms with Crippen molar-refractivity contribution in [2.45, 2.75) is 20.0 Å². The lowest BCUT2D eigenvalue weighted by molar-refractivity contribution is -0.123. The van der Waals surface area contributed by atoms with Gasteiger partial charge in [0.1, 0.15) is 5.15 Å². The molecule has 0 fully saturated rings. The molecule has 8 heteroatoms. The van der Waals surface area contributed by atoms with Gasteiger partial charge in [0.2, 0.25) is 5.56 Å². The van der Waals surface area contributed by atoms with Gasteiger partial charge in [-0.25, -0.2) is 4.79 Å². The summed E-state index contributed by atoms with van der Waals surface area (Å²) in [7, 11) is 0. The molecule has 1 amide bonds. The third-order valence-electron chi connectivity index (χ3n) is 3.26. The molecule has 0 aliphatic heterocycles. The standard InChI is InChI=1S/C17H15ClN2O5/c1-9(21)11-3-5-13(6-4-11)19-16(23)10(2)25-17(24)12-7-14(18)20-15(22)8-12/h3-8,10H,1-2H3,(H,19,23)(H,20,22). The van der Waals surface area contributed by atoms with Gasteiger partial charge in [-0.05, 0) is 44.2 Å². The molecule has 0 radical (unpaired) electrons. The zero-order chi connectivity index (χ0) is 18.6. The monoisotopic (exact) mass is 362 g/mol. The number of aromatic nitrogens is 1. The molecule has 0 saturated carbocycles. The van der Waals surface area contributed by atoms with E-state index in [4.69, 9.17) is 16.3 Å². The van der Waals surface area contributed by atoms with E-state index >= 15 is 0 Å². The van der Waals surface area contributed by atoms with Gasteiger partial charge in [-0.15, -0.1) is 0 Å². The van der Waals surface area contributed by atoms with Gasteiger partial charge in [-0.1, -0.05) is 11.6 Å². The Bertz CT molecular complexity index is 873. The number of hydrogen-bond donors (Lipinski definition) is 2. The van der Waals surface area contributed by atoms with Gasteiger partial charge < -0.3 is 15.0 Å². The van der Waals surface area contributed by atoms with Crippen LogP contribution in [0.25, 0.3) is 0 Å². The Morgan fingerprint density at radius 2 is 1.76 bits per heavy atom. The van der Waals surface area contributed by atoms with Gasteiger partial charge in [-0.3, -0.25) is 14.4 Å². The highest BCUT2D eigenvalue weighted by Crippen LogP contribution is 2.12. The van der Waals surface area contributed by atoms with E-state index in [9.17, 15) is 19.2 Å². The van der Waals surface area contributed by atoms with E-state index in [1.807, 2.05) is 0 Å². The van der Waals surface area contributed by atoms with Crippen molar-refractivity contribution in [2.24, 2.45) is 0 Å². The first kappa shape index (κ1) is 18.4. The fourth-order valence-corrected chi connectivity index (χ4v) is 2.15. The van der Waals surface area contributed by atoms with Gasteiger partial charge in [0.15, 0.2) is 11.9 Å². The first-order valence-corrected chi connectivity index (χ1v) is 7.67. The molecular weight excluding hydrogens is 348 g/mol. The second-order valence-corrected chi connectivity index (χ2v) is 5.66. The summed E-state index contributed by atoms with van der Waals surface area (Å²) >= 11 is 5.67. The number of esters is 1. The van der Waals surface area contributed by atoms with Crippen LogP contribution in [0.5, 0.6) is 0 Å². The van der Waals surface area contributed by atoms with Crippen molar-refractivity contribution in [1.29, 1.82) is 0 Å². The van der Waals surface area contributed by atoms with Crippen molar-refractivity contribution in [1.82, 2.24) is 4.98 Å². The lowest BCUT2D eigenvalue weighted by atomic mass is 10.1. The summed E-state index contributed by atoms with van der Waals surface area (Å²) in [5, 5.41) is 2.55. The van der Waals surface area contributed by atoms with Gasteiger partial charge in [-0.2, -0.15) is 0 Å². The summed E-state index contributed by atoms with van der Waals surface area (Å²) in [6.07, 6.45) is -1.10. The molecule has 1 unspecified atom stereocenters. The second kappa shape index (κ2) is 7.76. The molecule has 0 aliphatic rings. The van der Waals surface area contributed by atoms with Crippen LogP contribution in [-0.2, 0) is 9.53 Å². The third kappa shape index (κ3) is 5.02. The van der Waals surface area contributed by atoms with E-state index in [1.165, 1.54) is 19.9 Å². The Labute approximate surface area is 148 Å². The molecule has 25 heavy (non-hydrogen) atoms. The lowest BCUT2D eigenvalue weighted by Gasteiger charge is -2.13. The van der Waals surface area contributed by atoms with Gasteiger partial charge in [0, 0.05) is 17.3 Å². The molecule has 1 aromatic heterocycles. The van der Waals surface area contributed by atoms with E-state index in [0.29, 0.717) is 11.3 Å². The highest BCUT2D eigenvalue weighted by molar-refractivity contribution is 6.29. The summed E-state index contributed by atoms with van der Waals surface area (Å²) in [5.41, 5.74) is 0.363. The first-order valence-electron chi connectivity index (χ1n) is 7.29. The number of Topliss-reactive ketones (excluding diaryl/α,β-unsaturated/α-hetero) is 1. The lowest BCUT2D eigenvalue weighted by Crippen LogP contribution is -2.30. The molecule has 0 saturated heterocycles. The summed E-state index contributed by atoms with van der Waals surface area (Å²) < 4.78 is 5.03. The predicted molar refractivity (Wildman–Crippen MR) is 92.0 cm³/mol. The molecule has 2 rings (SSSR count). The molecule has 7 nitrogen and oxygen atoms in total. The fraction of sp³-hybridized carbons (Fsp3) is 0.176. The minimum atomic E-state index is -1.10. The van der Waals surface area contributed by atoms with Crippen LogP contribution in [0.3, 0.4) is 0 Å². The van der Waals surface area contributed by atoms with Crippen molar-refractivity contribution in [3.63, 3.8) is 0 Å². The Kier molecular flexibility index (Phi) is 5.71. The second-order valence-electron chi connectivity index (χ2n) is 5.25. The molecule has 0 bridgehead atoms. The number of carbonyl (C=O) groups excluding carboxylic acids is 3. The van der Waals surface area contributed by atoms with Crippen molar-refractivity contribution in [3.8, 4) is 0 Å². The summed E-state index contributed by atoms with van der Waals surface area (Å²) in [6.45, 7) is 2.84. The van der Waals surface area contributed by atoms with Crippen LogP contribution in [0, 0.1) is 0 Å². The maximum atomic E-state index is 12.1. The molecule has 2 aromatic rings. The van der Waals surface area contributed by atoms with E-state index in [2.05, 4.69) is 10.3 Å². The summed E-state index contributed by atoms with van der Waals surface area (Å²) in [5.74, 6) is -1.49. The number of nitrogens with one attached hydrogen (secondary N) is 2. The number of rotatable bonds is 5. The molecule has 1 aromatic carbocycles. The quantitative estimate of drug-likeness (QED) is 0.482. The molecule has 130 valence electrons. The normalized spacial score (nSPS) is 11.5. The summed E-state index contributed by atoms with van der Waals surface area (Å²) in [4.78, 5) is 48.9. The van der Waals surface area contributed by atoms with E-state index in [-0.39, 0.29) is 16.5 Å². The van der Waals surface area contributed by atoms with Crippen molar-refractivity contribution in [2.75, 3.05) is 5.32 Å². The van der Waals surface area contributed by atoms with Crippen molar-refractivity contribution >= 4 is 34.9 Å². The third-order valence-corrected chi connectivity index (χ3v) is 3.46. The maximum absolute atomic E-state index is 12.1. The Balaban J connectivity index is 2.00. The zero-order valence-electron chi connectivity index (χ0n) is 13.5. The van der Waals surface area contributed by atoms with Crippen LogP contribution in [0.1, 0.15) is 34.6 Å². The Morgan fingerprint density at radius 1 is 1.12 bits per heavy atom. The number of benzene rings is 1. The number of amides is 1. The largest absolute Gasteiger partial charge is 0.449 e. The first-order chi connectivity index (χ1) is 11.8. The van der Waals surface area contributed by atoms with E-state index in [0.717, 1.165) is 6.07 Å². The number of aromatic amines is 1. The van der Waals surface area contributed by atoms with Crippen molar-refractivity contribution < 1.29 is 19.1 Å². The number of H-pyrrole nitrogens is 1. The number of ether oxygens (including phenoxy) is 1. The number of pyridine rings is 1. The van der Waals surface area contributed by atoms with E-state index in [1.54, 1.807) is 24.3 Å². The minimum Gasteiger partial charge on any atom is -0.449 e. The number of hydrogen-bond acceptors (Lipinski definition) is 5. The molecular formula is C17H15ClN2O5. The number of carbonyl (C=O) groups is 3. The highest BCUT2D eigenvalue weighted by atomic mass is 35.5. The molecule has 0 spiro atoms. The van der Waals surface area contributed by atoms with Gasteiger partial charge in [0.05, 0.1) is 5.56 Å². The van der Waals surface area contributed by atoms with Gasteiger partial charge in [0.25, 0.3) is 5.91 Å². The highest BCUT2D eigenvalue weighted by Gasteiger charge is 2.19. The van der Waals surface area contributed by atoms with E-state index < -0.39 is 23.5 Å². The minimum absolute atomic E-state index is 0.0119. The number of anilines is 1. The van der Waals surface area contributed by atoms with Gasteiger partial charge >= 0.3 is 5.97 Å². The SMILES string of the molecule is CC(=O)c1ccc(NC(=O)C(C)OC(=O)c2cc(Cl)[nH]c(=O)c2)cc1. The smallest absolute Gasteiger partial charge is 0.339 e. The van der Waals surface area contributed by atoms with Crippen LogP contribution in [0.4, 0.5) is 5.69 Å². The molecule has 2 N–H and O–H groups in total. The van der Waals surface area contributed by atoms with Crippen LogP contribution in [0.15, 0.2) is 41.2 Å². The van der Waals surface area contributed by atoms with Crippen molar-refractivity contribution in [3.05, 3.63) is 63.0 Å².